The van der Waals surface area contributed by atoms with Crippen LogP contribution < -0.4 is 5.56 Å². The number of hydrogen-bond donors (Lipinski definition) is 1. The summed E-state index contributed by atoms with van der Waals surface area (Å²) in [4.78, 5) is 21.1. The second-order valence-electron chi connectivity index (χ2n) is 4.37. The van der Waals surface area contributed by atoms with Crippen LogP contribution in [0.15, 0.2) is 40.3 Å². The van der Waals surface area contributed by atoms with E-state index in [1.807, 2.05) is 37.3 Å². The van der Waals surface area contributed by atoms with Crippen molar-refractivity contribution in [1.29, 1.82) is 0 Å². The lowest BCUT2D eigenvalue weighted by molar-refractivity contribution is 0.979. The average molecular weight is 323 g/mol. The molecule has 0 aliphatic rings. The smallest absolute Gasteiger partial charge is 0.260 e. The minimum atomic E-state index is -0.0760. The van der Waals surface area contributed by atoms with Gasteiger partial charge >= 0.3 is 0 Å². The maximum absolute atomic E-state index is 12.0. The molecule has 0 radical (unpaired) electrons. The van der Waals surface area contributed by atoms with Crippen LogP contribution in [0.2, 0.25) is 5.02 Å². The van der Waals surface area contributed by atoms with Gasteiger partial charge in [-0.3, -0.25) is 4.79 Å². The molecule has 2 aromatic heterocycles. The summed E-state index contributed by atoms with van der Waals surface area (Å²) >= 11 is 8.99. The Morgan fingerprint density at radius 2 is 2.25 bits per heavy atom. The molecule has 2 heterocycles. The Bertz CT molecular complexity index is 825. The predicted molar refractivity (Wildman–Crippen MR) is 86.0 cm³/mol. The van der Waals surface area contributed by atoms with Crippen molar-refractivity contribution >= 4 is 44.9 Å². The minimum Gasteiger partial charge on any atom is -0.301 e. The largest absolute Gasteiger partial charge is 0.301 e. The molecule has 0 atom stereocenters. The molecule has 20 heavy (non-hydrogen) atoms. The number of nitrogens with zero attached hydrogens (tertiary/aromatic N) is 1. The summed E-state index contributed by atoms with van der Waals surface area (Å²) in [6.07, 6.45) is 0. The summed E-state index contributed by atoms with van der Waals surface area (Å²) in [5.74, 6) is 0.722. The third-order valence-electron chi connectivity index (χ3n) is 2.77. The molecule has 3 nitrogen and oxygen atoms in total. The number of aryl methyl sites for hydroxylation is 1. The van der Waals surface area contributed by atoms with Crippen molar-refractivity contribution in [3.63, 3.8) is 0 Å². The second-order valence-corrected chi connectivity index (χ2v) is 7.00. The average Bonchev–Trinajstić information content (AvgIpc) is 2.78. The van der Waals surface area contributed by atoms with Crippen LogP contribution in [-0.4, -0.2) is 9.97 Å². The van der Waals surface area contributed by atoms with Crippen molar-refractivity contribution in [2.24, 2.45) is 0 Å². The highest BCUT2D eigenvalue weighted by Gasteiger charge is 2.07. The van der Waals surface area contributed by atoms with Crippen LogP contribution in [0, 0.1) is 6.92 Å². The maximum Gasteiger partial charge on any atom is 0.260 e. The molecule has 3 rings (SSSR count). The van der Waals surface area contributed by atoms with Gasteiger partial charge in [-0.2, -0.15) is 0 Å². The number of H-pyrrole nitrogens is 1. The lowest BCUT2D eigenvalue weighted by atomic mass is 10.2. The molecule has 1 N–H and O–H groups in total. The molecule has 1 aromatic carbocycles. The van der Waals surface area contributed by atoms with E-state index in [2.05, 4.69) is 9.97 Å². The molecular weight excluding hydrogens is 312 g/mol. The SMILES string of the molecule is Cc1cc2c(=O)[nH]c(SCc3cccc(Cl)c3)nc2s1. The fourth-order valence-electron chi connectivity index (χ4n) is 1.88. The van der Waals surface area contributed by atoms with E-state index in [0.717, 1.165) is 21.0 Å². The van der Waals surface area contributed by atoms with Crippen molar-refractivity contribution in [2.75, 3.05) is 0 Å². The Labute approximate surface area is 129 Å². The number of rotatable bonds is 3. The first-order valence-electron chi connectivity index (χ1n) is 5.99. The number of thiophene rings is 1. The molecule has 0 aliphatic carbocycles. The number of aromatic amines is 1. The van der Waals surface area contributed by atoms with E-state index in [0.29, 0.717) is 15.6 Å². The molecule has 0 saturated heterocycles. The third-order valence-corrected chi connectivity index (χ3v) is 4.89. The zero-order valence-corrected chi connectivity index (χ0v) is 13.0. The number of hydrogen-bond acceptors (Lipinski definition) is 4. The van der Waals surface area contributed by atoms with Gasteiger partial charge in [-0.15, -0.1) is 11.3 Å². The van der Waals surface area contributed by atoms with Crippen LogP contribution in [0.1, 0.15) is 10.4 Å². The first-order chi connectivity index (χ1) is 9.61. The van der Waals surface area contributed by atoms with Gasteiger partial charge in [0, 0.05) is 15.7 Å². The predicted octanol–water partition coefficient (Wildman–Crippen LogP) is 4.24. The molecule has 0 bridgehead atoms. The van der Waals surface area contributed by atoms with Gasteiger partial charge in [0.05, 0.1) is 5.39 Å². The summed E-state index contributed by atoms with van der Waals surface area (Å²) in [7, 11) is 0. The molecule has 0 spiro atoms. The Hall–Kier alpha value is -1.30. The molecule has 0 aliphatic heterocycles. The first kappa shape index (κ1) is 13.7. The summed E-state index contributed by atoms with van der Waals surface area (Å²) in [5.41, 5.74) is 1.03. The van der Waals surface area contributed by atoms with E-state index in [4.69, 9.17) is 11.6 Å². The lowest BCUT2D eigenvalue weighted by Crippen LogP contribution is -2.07. The van der Waals surface area contributed by atoms with Gasteiger partial charge in [0.2, 0.25) is 0 Å². The van der Waals surface area contributed by atoms with Gasteiger partial charge in [-0.05, 0) is 30.7 Å². The summed E-state index contributed by atoms with van der Waals surface area (Å²) in [6, 6.07) is 9.55. The zero-order valence-electron chi connectivity index (χ0n) is 10.6. The Kier molecular flexibility index (Phi) is 3.83. The van der Waals surface area contributed by atoms with Crippen LogP contribution in [0.5, 0.6) is 0 Å². The van der Waals surface area contributed by atoms with Crippen LogP contribution >= 0.6 is 34.7 Å². The van der Waals surface area contributed by atoms with E-state index in [1.54, 1.807) is 0 Å². The molecule has 0 fully saturated rings. The van der Waals surface area contributed by atoms with Gasteiger partial charge in [0.15, 0.2) is 5.16 Å². The quantitative estimate of drug-likeness (QED) is 0.579. The number of fused-ring (bicyclic) bond motifs is 1. The Balaban J connectivity index is 1.86. The molecule has 6 heteroatoms. The summed E-state index contributed by atoms with van der Waals surface area (Å²) in [5, 5.41) is 2.03. The Morgan fingerprint density at radius 1 is 1.40 bits per heavy atom. The normalized spacial score (nSPS) is 11.1. The van der Waals surface area contributed by atoms with Gasteiger partial charge in [0.25, 0.3) is 5.56 Å². The molecule has 0 unspecified atom stereocenters. The number of nitrogens with one attached hydrogen (secondary N) is 1. The molecule has 3 aromatic rings. The highest BCUT2D eigenvalue weighted by molar-refractivity contribution is 7.98. The van der Waals surface area contributed by atoms with E-state index >= 15 is 0 Å². The standard InChI is InChI=1S/C14H11ClN2OS2/c1-8-5-11-12(18)16-14(17-13(11)20-8)19-7-9-3-2-4-10(15)6-9/h2-6H,7H2,1H3,(H,16,17,18). The van der Waals surface area contributed by atoms with E-state index in [-0.39, 0.29) is 5.56 Å². The van der Waals surface area contributed by atoms with Crippen molar-refractivity contribution in [3.05, 3.63) is 56.1 Å². The number of thioether (sulfide) groups is 1. The van der Waals surface area contributed by atoms with Gasteiger partial charge in [-0.1, -0.05) is 35.5 Å². The summed E-state index contributed by atoms with van der Waals surface area (Å²) < 4.78 is 0. The van der Waals surface area contributed by atoms with E-state index in [1.165, 1.54) is 23.1 Å². The number of benzene rings is 1. The Morgan fingerprint density at radius 3 is 3.05 bits per heavy atom. The van der Waals surface area contributed by atoms with Crippen molar-refractivity contribution in [3.8, 4) is 0 Å². The highest BCUT2D eigenvalue weighted by atomic mass is 35.5. The van der Waals surface area contributed by atoms with Crippen LogP contribution in [0.4, 0.5) is 0 Å². The minimum absolute atomic E-state index is 0.0760. The monoisotopic (exact) mass is 322 g/mol. The highest BCUT2D eigenvalue weighted by Crippen LogP contribution is 2.24. The third kappa shape index (κ3) is 2.90. The molecular formula is C14H11ClN2OS2. The van der Waals surface area contributed by atoms with Gasteiger partial charge in [-0.25, -0.2) is 4.98 Å². The van der Waals surface area contributed by atoms with E-state index < -0.39 is 0 Å². The van der Waals surface area contributed by atoms with Crippen molar-refractivity contribution in [2.45, 2.75) is 17.8 Å². The van der Waals surface area contributed by atoms with Crippen LogP contribution in [-0.2, 0) is 5.75 Å². The van der Waals surface area contributed by atoms with Crippen LogP contribution in [0.25, 0.3) is 10.2 Å². The lowest BCUT2D eigenvalue weighted by Gasteiger charge is -2.02. The maximum atomic E-state index is 12.0. The fourth-order valence-corrected chi connectivity index (χ4v) is 3.83. The zero-order chi connectivity index (χ0) is 14.1. The summed E-state index contributed by atoms with van der Waals surface area (Å²) in [6.45, 7) is 1.98. The van der Waals surface area contributed by atoms with Crippen LogP contribution in [0.3, 0.4) is 0 Å². The number of aromatic nitrogens is 2. The molecule has 0 amide bonds. The van der Waals surface area contributed by atoms with Crippen molar-refractivity contribution < 1.29 is 0 Å². The van der Waals surface area contributed by atoms with Gasteiger partial charge < -0.3 is 4.98 Å². The second kappa shape index (κ2) is 5.60. The molecule has 0 saturated carbocycles. The fraction of sp³-hybridized carbons (Fsp3) is 0.143. The van der Waals surface area contributed by atoms with Gasteiger partial charge in [0.1, 0.15) is 4.83 Å². The molecule has 102 valence electrons. The first-order valence-corrected chi connectivity index (χ1v) is 8.17. The topological polar surface area (TPSA) is 45.8 Å². The van der Waals surface area contributed by atoms with Crippen molar-refractivity contribution in [1.82, 2.24) is 9.97 Å². The number of halogens is 1. The van der Waals surface area contributed by atoms with E-state index in [9.17, 15) is 4.79 Å².